The summed E-state index contributed by atoms with van der Waals surface area (Å²) < 4.78 is 12.8. The first-order valence-corrected chi connectivity index (χ1v) is 16.6. The minimum Gasteiger partial charge on any atom is -0.456 e. The van der Waals surface area contributed by atoms with E-state index in [1.807, 2.05) is 78.9 Å². The van der Waals surface area contributed by atoms with Crippen LogP contribution in [0.5, 0.6) is 0 Å². The molecule has 50 heavy (non-hydrogen) atoms. The predicted molar refractivity (Wildman–Crippen MR) is 202 cm³/mol. The summed E-state index contributed by atoms with van der Waals surface area (Å²) in [5, 5.41) is 4.15. The van der Waals surface area contributed by atoms with Crippen molar-refractivity contribution in [2.45, 2.75) is 0 Å². The van der Waals surface area contributed by atoms with Gasteiger partial charge in [-0.1, -0.05) is 121 Å². The molecule has 10 aromatic rings. The Balaban J connectivity index is 1.21. The van der Waals surface area contributed by atoms with E-state index in [0.29, 0.717) is 17.5 Å². The average molecular weight is 642 g/mol. The van der Waals surface area contributed by atoms with Crippen LogP contribution in [0.3, 0.4) is 0 Å². The molecule has 0 aliphatic carbocycles. The van der Waals surface area contributed by atoms with Crippen LogP contribution in [-0.4, -0.2) is 15.0 Å². The number of benzene rings is 7. The van der Waals surface area contributed by atoms with E-state index in [2.05, 4.69) is 84.9 Å². The molecule has 10 rings (SSSR count). The van der Waals surface area contributed by atoms with E-state index in [1.165, 1.54) is 0 Å². The zero-order chi connectivity index (χ0) is 33.0. The lowest BCUT2D eigenvalue weighted by Crippen LogP contribution is -2.00. The van der Waals surface area contributed by atoms with E-state index < -0.39 is 0 Å². The number of nitrogens with zero attached hydrogens (tertiary/aromatic N) is 3. The van der Waals surface area contributed by atoms with E-state index in [9.17, 15) is 0 Å². The molecule has 3 heterocycles. The number of para-hydroxylation sites is 2. The van der Waals surface area contributed by atoms with Crippen molar-refractivity contribution in [3.63, 3.8) is 0 Å². The summed E-state index contributed by atoms with van der Waals surface area (Å²) in [5.41, 5.74) is 10.3. The molecule has 5 nitrogen and oxygen atoms in total. The van der Waals surface area contributed by atoms with Gasteiger partial charge in [-0.25, -0.2) is 15.0 Å². The van der Waals surface area contributed by atoms with Crippen molar-refractivity contribution in [3.05, 3.63) is 164 Å². The Bertz CT molecular complexity index is 2870. The second-order valence-electron chi connectivity index (χ2n) is 12.4. The van der Waals surface area contributed by atoms with Crippen molar-refractivity contribution in [1.29, 1.82) is 0 Å². The Morgan fingerprint density at radius 1 is 0.320 bits per heavy atom. The summed E-state index contributed by atoms with van der Waals surface area (Å²) in [4.78, 5) is 15.4. The summed E-state index contributed by atoms with van der Waals surface area (Å²) >= 11 is 0. The van der Waals surface area contributed by atoms with Crippen molar-refractivity contribution >= 4 is 43.9 Å². The number of hydrogen-bond donors (Lipinski definition) is 0. The van der Waals surface area contributed by atoms with Crippen molar-refractivity contribution in [3.8, 4) is 56.4 Å². The number of furan rings is 2. The molecule has 0 radical (unpaired) electrons. The van der Waals surface area contributed by atoms with Crippen LogP contribution in [0, 0.1) is 0 Å². The third kappa shape index (κ3) is 4.67. The Morgan fingerprint density at radius 2 is 0.900 bits per heavy atom. The van der Waals surface area contributed by atoms with Crippen molar-refractivity contribution < 1.29 is 8.83 Å². The standard InChI is InChI=1S/C45H27N3O2/c1-3-12-28(13-4-1)30-16-9-17-31(26-30)43-46-44(48-45(47-43)36-21-10-20-35-34-18-7-8-22-38(34)50-42(35)36)32-24-25-39-37(27-32)41-33(19-11-23-40(41)49-39)29-14-5-2-6-15-29/h1-27H. The van der Waals surface area contributed by atoms with Gasteiger partial charge in [-0.3, -0.25) is 0 Å². The predicted octanol–water partition coefficient (Wildman–Crippen LogP) is 12.0. The van der Waals surface area contributed by atoms with E-state index in [-0.39, 0.29) is 0 Å². The minimum absolute atomic E-state index is 0.543. The maximum Gasteiger partial charge on any atom is 0.167 e. The van der Waals surface area contributed by atoms with Gasteiger partial charge in [0.2, 0.25) is 0 Å². The van der Waals surface area contributed by atoms with Crippen LogP contribution in [0.15, 0.2) is 173 Å². The van der Waals surface area contributed by atoms with E-state index in [4.69, 9.17) is 23.8 Å². The van der Waals surface area contributed by atoms with E-state index in [0.717, 1.165) is 82.8 Å². The maximum absolute atomic E-state index is 6.44. The second-order valence-corrected chi connectivity index (χ2v) is 12.4. The molecule has 0 atom stereocenters. The highest BCUT2D eigenvalue weighted by molar-refractivity contribution is 6.13. The zero-order valence-corrected chi connectivity index (χ0v) is 26.7. The van der Waals surface area contributed by atoms with Gasteiger partial charge in [-0.05, 0) is 64.7 Å². The third-order valence-electron chi connectivity index (χ3n) is 9.35. The Kier molecular flexibility index (Phi) is 6.42. The number of aromatic nitrogens is 3. The molecule has 5 heteroatoms. The van der Waals surface area contributed by atoms with Crippen LogP contribution in [0.4, 0.5) is 0 Å². The van der Waals surface area contributed by atoms with Crippen LogP contribution in [-0.2, 0) is 0 Å². The largest absolute Gasteiger partial charge is 0.456 e. The summed E-state index contributed by atoms with van der Waals surface area (Å²) in [5.74, 6) is 1.69. The Labute approximate surface area is 287 Å². The zero-order valence-electron chi connectivity index (χ0n) is 26.7. The number of rotatable bonds is 5. The molecule has 0 amide bonds. The molecule has 0 bridgehead atoms. The summed E-state index contributed by atoms with van der Waals surface area (Å²) in [6.07, 6.45) is 0. The highest BCUT2D eigenvalue weighted by Gasteiger charge is 2.19. The van der Waals surface area contributed by atoms with Crippen molar-refractivity contribution in [2.24, 2.45) is 0 Å². The van der Waals surface area contributed by atoms with Gasteiger partial charge in [0.25, 0.3) is 0 Å². The number of fused-ring (bicyclic) bond motifs is 6. The van der Waals surface area contributed by atoms with Gasteiger partial charge in [0.05, 0.1) is 5.56 Å². The van der Waals surface area contributed by atoms with Gasteiger partial charge >= 0.3 is 0 Å². The summed E-state index contributed by atoms with van der Waals surface area (Å²) in [6, 6.07) is 55.7. The molecular formula is C45H27N3O2. The topological polar surface area (TPSA) is 65.0 Å². The van der Waals surface area contributed by atoms with Gasteiger partial charge in [0.15, 0.2) is 17.5 Å². The molecule has 0 saturated heterocycles. The molecule has 0 aliphatic rings. The van der Waals surface area contributed by atoms with Crippen LogP contribution >= 0.6 is 0 Å². The Hall–Kier alpha value is -6.85. The molecule has 3 aromatic heterocycles. The molecule has 0 N–H and O–H groups in total. The lowest BCUT2D eigenvalue weighted by atomic mass is 9.99. The fourth-order valence-corrected chi connectivity index (χ4v) is 6.97. The summed E-state index contributed by atoms with van der Waals surface area (Å²) in [7, 11) is 0. The van der Waals surface area contributed by atoms with E-state index in [1.54, 1.807) is 0 Å². The fraction of sp³-hybridized carbons (Fsp3) is 0. The van der Waals surface area contributed by atoms with Crippen LogP contribution in [0.2, 0.25) is 0 Å². The van der Waals surface area contributed by atoms with Gasteiger partial charge in [-0.2, -0.15) is 0 Å². The maximum atomic E-state index is 6.44. The molecule has 7 aromatic carbocycles. The van der Waals surface area contributed by atoms with Gasteiger partial charge in [0, 0.05) is 32.7 Å². The minimum atomic E-state index is 0.543. The molecule has 0 aliphatic heterocycles. The van der Waals surface area contributed by atoms with Crippen molar-refractivity contribution in [2.75, 3.05) is 0 Å². The monoisotopic (exact) mass is 641 g/mol. The van der Waals surface area contributed by atoms with Gasteiger partial charge in [0.1, 0.15) is 22.3 Å². The van der Waals surface area contributed by atoms with Gasteiger partial charge < -0.3 is 8.83 Å². The molecule has 234 valence electrons. The molecule has 0 saturated carbocycles. The SMILES string of the molecule is c1ccc(-c2cccc(-c3nc(-c4ccc5oc6cccc(-c7ccccc7)c6c5c4)nc(-c4cccc5c4oc4ccccc45)n3)c2)cc1. The molecular weight excluding hydrogens is 615 g/mol. The van der Waals surface area contributed by atoms with Crippen LogP contribution < -0.4 is 0 Å². The first-order valence-electron chi connectivity index (χ1n) is 16.6. The lowest BCUT2D eigenvalue weighted by Gasteiger charge is -2.10. The Morgan fingerprint density at radius 3 is 1.74 bits per heavy atom. The van der Waals surface area contributed by atoms with Crippen molar-refractivity contribution in [1.82, 2.24) is 15.0 Å². The normalized spacial score (nSPS) is 11.6. The van der Waals surface area contributed by atoms with Gasteiger partial charge in [-0.15, -0.1) is 0 Å². The van der Waals surface area contributed by atoms with Crippen LogP contribution in [0.1, 0.15) is 0 Å². The quantitative estimate of drug-likeness (QED) is 0.187. The molecule has 0 spiro atoms. The van der Waals surface area contributed by atoms with Crippen LogP contribution in [0.25, 0.3) is 100 Å². The first-order chi connectivity index (χ1) is 24.8. The highest BCUT2D eigenvalue weighted by Crippen LogP contribution is 2.39. The lowest BCUT2D eigenvalue weighted by molar-refractivity contribution is 0.669. The van der Waals surface area contributed by atoms with E-state index >= 15 is 0 Å². The fourth-order valence-electron chi connectivity index (χ4n) is 6.97. The second kappa shape index (κ2) is 11.4. The number of hydrogen-bond acceptors (Lipinski definition) is 5. The smallest absolute Gasteiger partial charge is 0.167 e. The molecule has 0 unspecified atom stereocenters. The average Bonchev–Trinajstić information content (AvgIpc) is 3.77. The summed E-state index contributed by atoms with van der Waals surface area (Å²) in [6.45, 7) is 0. The third-order valence-corrected chi connectivity index (χ3v) is 9.35. The highest BCUT2D eigenvalue weighted by atomic mass is 16.3. The molecule has 0 fully saturated rings. The first kappa shape index (κ1) is 28.2.